The molecule has 2 rings (SSSR count). The van der Waals surface area contributed by atoms with Crippen LogP contribution in [0.2, 0.25) is 0 Å². The Morgan fingerprint density at radius 2 is 2.05 bits per heavy atom. The van der Waals surface area contributed by atoms with Crippen molar-refractivity contribution < 1.29 is 19.7 Å². The molecule has 0 aliphatic heterocycles. The van der Waals surface area contributed by atoms with E-state index in [2.05, 4.69) is 15.9 Å². The third kappa shape index (κ3) is 2.18. The van der Waals surface area contributed by atoms with Gasteiger partial charge in [-0.15, -0.1) is 0 Å². The van der Waals surface area contributed by atoms with Gasteiger partial charge in [-0.05, 0) is 15.9 Å². The summed E-state index contributed by atoms with van der Waals surface area (Å²) < 4.78 is 14.7. The molecule has 1 aliphatic rings. The minimum atomic E-state index is -1.63. The molecule has 0 bridgehead atoms. The van der Waals surface area contributed by atoms with E-state index in [-0.39, 0.29) is 10.0 Å². The quantitative estimate of drug-likeness (QED) is 0.541. The van der Waals surface area contributed by atoms with Gasteiger partial charge in [-0.2, -0.15) is 0 Å². The van der Waals surface area contributed by atoms with Crippen LogP contribution < -0.4 is 11.2 Å². The molecule has 1 heterocycles. The zero-order valence-electron chi connectivity index (χ0n) is 9.38. The van der Waals surface area contributed by atoms with Gasteiger partial charge < -0.3 is 15.3 Å². The molecule has 0 spiro atoms. The number of hydrogen-bond acceptors (Lipinski definition) is 5. The van der Waals surface area contributed by atoms with Crippen LogP contribution in [0.15, 0.2) is 31.7 Å². The SMILES string of the molecule is O=c1[nH]c(=O)n(C2C(F)=C(CO)C(O)C2O)cc1Br. The number of H-pyrrole nitrogens is 1. The van der Waals surface area contributed by atoms with Crippen molar-refractivity contribution in [2.45, 2.75) is 18.2 Å². The van der Waals surface area contributed by atoms with Crippen LogP contribution >= 0.6 is 15.9 Å². The maximum absolute atomic E-state index is 14.0. The van der Waals surface area contributed by atoms with Crippen molar-refractivity contribution in [3.63, 3.8) is 0 Å². The first-order valence-electron chi connectivity index (χ1n) is 5.25. The van der Waals surface area contributed by atoms with Crippen molar-refractivity contribution in [3.05, 3.63) is 42.9 Å². The van der Waals surface area contributed by atoms with Gasteiger partial charge in [0, 0.05) is 11.8 Å². The predicted octanol–water partition coefficient (Wildman–Crippen LogP) is -1.21. The van der Waals surface area contributed by atoms with Gasteiger partial charge in [0.2, 0.25) is 0 Å². The van der Waals surface area contributed by atoms with Crippen molar-refractivity contribution >= 4 is 15.9 Å². The molecule has 1 aromatic rings. The Bertz CT molecular complexity index is 652. The Hall–Kier alpha value is -1.29. The van der Waals surface area contributed by atoms with Crippen molar-refractivity contribution in [1.29, 1.82) is 0 Å². The summed E-state index contributed by atoms with van der Waals surface area (Å²) in [5, 5.41) is 28.3. The van der Waals surface area contributed by atoms with Crippen LogP contribution in [0.3, 0.4) is 0 Å². The molecule has 0 fully saturated rings. The average Bonchev–Trinajstić information content (AvgIpc) is 2.56. The molecule has 0 aromatic carbocycles. The Balaban J connectivity index is 2.60. The molecule has 0 saturated heterocycles. The van der Waals surface area contributed by atoms with Crippen LogP contribution in [-0.4, -0.2) is 43.7 Å². The lowest BCUT2D eigenvalue weighted by Gasteiger charge is -2.19. The maximum Gasteiger partial charge on any atom is 0.329 e. The van der Waals surface area contributed by atoms with Gasteiger partial charge in [-0.1, -0.05) is 0 Å². The molecule has 3 atom stereocenters. The second-order valence-corrected chi connectivity index (χ2v) is 4.91. The maximum atomic E-state index is 14.0. The van der Waals surface area contributed by atoms with Crippen molar-refractivity contribution in [1.82, 2.24) is 9.55 Å². The highest BCUT2D eigenvalue weighted by Gasteiger charge is 2.43. The van der Waals surface area contributed by atoms with Gasteiger partial charge in [0.15, 0.2) is 0 Å². The van der Waals surface area contributed by atoms with Crippen LogP contribution in [0.5, 0.6) is 0 Å². The summed E-state index contributed by atoms with van der Waals surface area (Å²) in [6, 6.07) is -1.49. The summed E-state index contributed by atoms with van der Waals surface area (Å²) in [7, 11) is 0. The first kappa shape index (κ1) is 14.1. The van der Waals surface area contributed by atoms with Gasteiger partial charge in [0.25, 0.3) is 5.56 Å². The fourth-order valence-corrected chi connectivity index (χ4v) is 2.30. The third-order valence-electron chi connectivity index (χ3n) is 2.96. The summed E-state index contributed by atoms with van der Waals surface area (Å²) in [6.45, 7) is -0.778. The number of hydrogen-bond donors (Lipinski definition) is 4. The molecule has 9 heteroatoms. The van der Waals surface area contributed by atoms with E-state index in [0.717, 1.165) is 10.8 Å². The Morgan fingerprint density at radius 1 is 1.42 bits per heavy atom. The lowest BCUT2D eigenvalue weighted by Crippen LogP contribution is -2.38. The van der Waals surface area contributed by atoms with E-state index in [1.165, 1.54) is 0 Å². The number of halogens is 2. The lowest BCUT2D eigenvalue weighted by molar-refractivity contribution is 0.0243. The van der Waals surface area contributed by atoms with E-state index in [9.17, 15) is 24.2 Å². The first-order chi connectivity index (χ1) is 8.88. The molecule has 104 valence electrons. The summed E-state index contributed by atoms with van der Waals surface area (Å²) in [5.41, 5.74) is -2.01. The highest BCUT2D eigenvalue weighted by Crippen LogP contribution is 2.36. The molecular formula is C10H10BrFN2O5. The number of aliphatic hydroxyl groups is 3. The number of nitrogens with zero attached hydrogens (tertiary/aromatic N) is 1. The fraction of sp³-hybridized carbons (Fsp3) is 0.400. The van der Waals surface area contributed by atoms with E-state index in [4.69, 9.17) is 5.11 Å². The number of aromatic amines is 1. The van der Waals surface area contributed by atoms with E-state index in [1.54, 1.807) is 0 Å². The summed E-state index contributed by atoms with van der Waals surface area (Å²) in [5.74, 6) is -0.997. The largest absolute Gasteiger partial charge is 0.392 e. The van der Waals surface area contributed by atoms with Gasteiger partial charge >= 0.3 is 5.69 Å². The normalized spacial score (nSPS) is 27.1. The second kappa shape index (κ2) is 5.00. The van der Waals surface area contributed by atoms with Gasteiger partial charge in [0.1, 0.15) is 24.1 Å². The van der Waals surface area contributed by atoms with E-state index in [0.29, 0.717) is 0 Å². The number of aromatic nitrogens is 2. The molecular weight excluding hydrogens is 327 g/mol. The Morgan fingerprint density at radius 3 is 2.58 bits per heavy atom. The van der Waals surface area contributed by atoms with Crippen LogP contribution in [0.1, 0.15) is 6.04 Å². The number of aliphatic hydroxyl groups excluding tert-OH is 3. The monoisotopic (exact) mass is 336 g/mol. The lowest BCUT2D eigenvalue weighted by atomic mass is 10.1. The standard InChI is InChI=1S/C10H10BrFN2O5/c11-4-1-14(10(19)13-9(4)18)6-5(12)3(2-15)7(16)8(6)17/h1,6-8,15-17H,2H2,(H,13,18,19). The van der Waals surface area contributed by atoms with Gasteiger partial charge in [-0.25, -0.2) is 9.18 Å². The second-order valence-electron chi connectivity index (χ2n) is 4.06. The predicted molar refractivity (Wildman–Crippen MR) is 65.3 cm³/mol. The average molecular weight is 337 g/mol. The van der Waals surface area contributed by atoms with Crippen LogP contribution in [0.25, 0.3) is 0 Å². The summed E-state index contributed by atoms with van der Waals surface area (Å²) in [6.07, 6.45) is -2.22. The Kier molecular flexibility index (Phi) is 3.72. The molecule has 4 N–H and O–H groups in total. The molecule has 7 nitrogen and oxygen atoms in total. The zero-order chi connectivity index (χ0) is 14.3. The van der Waals surface area contributed by atoms with Gasteiger partial charge in [0.05, 0.1) is 11.1 Å². The molecule has 0 amide bonds. The number of nitrogens with one attached hydrogen (secondary N) is 1. The Labute approximate surface area is 113 Å². The smallest absolute Gasteiger partial charge is 0.329 e. The fourth-order valence-electron chi connectivity index (χ4n) is 1.98. The molecule has 0 radical (unpaired) electrons. The van der Waals surface area contributed by atoms with E-state index < -0.39 is 41.9 Å². The van der Waals surface area contributed by atoms with E-state index >= 15 is 0 Å². The van der Waals surface area contributed by atoms with Crippen molar-refractivity contribution in [2.75, 3.05) is 6.61 Å². The topological polar surface area (TPSA) is 116 Å². The van der Waals surface area contributed by atoms with Crippen molar-refractivity contribution in [2.24, 2.45) is 0 Å². The zero-order valence-corrected chi connectivity index (χ0v) is 11.0. The summed E-state index contributed by atoms with van der Waals surface area (Å²) in [4.78, 5) is 24.7. The van der Waals surface area contributed by atoms with E-state index in [1.807, 2.05) is 4.98 Å². The third-order valence-corrected chi connectivity index (χ3v) is 3.53. The highest BCUT2D eigenvalue weighted by molar-refractivity contribution is 9.10. The molecule has 3 unspecified atom stereocenters. The highest BCUT2D eigenvalue weighted by atomic mass is 79.9. The van der Waals surface area contributed by atoms with Crippen LogP contribution in [0.4, 0.5) is 4.39 Å². The minimum absolute atomic E-state index is 0.0287. The molecule has 1 aliphatic carbocycles. The molecule has 19 heavy (non-hydrogen) atoms. The van der Waals surface area contributed by atoms with Crippen molar-refractivity contribution in [3.8, 4) is 0 Å². The van der Waals surface area contributed by atoms with Crippen LogP contribution in [0, 0.1) is 0 Å². The first-order valence-corrected chi connectivity index (χ1v) is 6.04. The minimum Gasteiger partial charge on any atom is -0.392 e. The molecule has 0 saturated carbocycles. The molecule has 1 aromatic heterocycles. The number of rotatable bonds is 2. The van der Waals surface area contributed by atoms with Gasteiger partial charge in [-0.3, -0.25) is 14.3 Å². The van der Waals surface area contributed by atoms with Crippen LogP contribution in [-0.2, 0) is 0 Å². The summed E-state index contributed by atoms with van der Waals surface area (Å²) >= 11 is 2.88.